The van der Waals surface area contributed by atoms with Crippen LogP contribution in [0.1, 0.15) is 24.1 Å². The molecular weight excluding hydrogens is 210 g/mol. The highest BCUT2D eigenvalue weighted by Crippen LogP contribution is 2.24. The first-order valence-electron chi connectivity index (χ1n) is 5.17. The molecule has 0 saturated carbocycles. The van der Waals surface area contributed by atoms with Crippen LogP contribution < -0.4 is 5.32 Å². The maximum Gasteiger partial charge on any atom is 0.133 e. The van der Waals surface area contributed by atoms with Crippen molar-refractivity contribution in [1.82, 2.24) is 9.97 Å². The Labute approximate surface area is 94.6 Å². The highest BCUT2D eigenvalue weighted by Gasteiger charge is 2.14. The van der Waals surface area contributed by atoms with Crippen LogP contribution in [0.2, 0.25) is 0 Å². The van der Waals surface area contributed by atoms with Crippen LogP contribution in [0, 0.1) is 0 Å². The van der Waals surface area contributed by atoms with Gasteiger partial charge in [0.1, 0.15) is 12.1 Å². The van der Waals surface area contributed by atoms with Gasteiger partial charge < -0.3 is 5.32 Å². The first-order valence-corrected chi connectivity index (χ1v) is 5.55. The summed E-state index contributed by atoms with van der Waals surface area (Å²) in [5, 5.41) is 3.79. The first kappa shape index (κ1) is 10.4. The van der Waals surface area contributed by atoms with Crippen molar-refractivity contribution in [2.24, 2.45) is 0 Å². The molecule has 0 radical (unpaired) electrons. The second-order valence-electron chi connectivity index (χ2n) is 3.73. The molecule has 4 heteroatoms. The largest absolute Gasteiger partial charge is 0.365 e. The van der Waals surface area contributed by atoms with Crippen molar-refractivity contribution in [3.63, 3.8) is 0 Å². The fraction of sp³-hybridized carbons (Fsp3) is 0.455. The van der Waals surface area contributed by atoms with Crippen LogP contribution in [0.15, 0.2) is 17.9 Å². The normalized spacial score (nSPS) is 14.5. The maximum absolute atomic E-state index is 5.71. The van der Waals surface area contributed by atoms with E-state index in [0.29, 0.717) is 11.6 Å². The number of halogens is 1. The van der Waals surface area contributed by atoms with E-state index in [1.165, 1.54) is 24.1 Å². The Bertz CT molecular complexity index is 376. The second-order valence-corrected chi connectivity index (χ2v) is 4.26. The first-order chi connectivity index (χ1) is 7.27. The van der Waals surface area contributed by atoms with Crippen molar-refractivity contribution in [2.75, 3.05) is 11.9 Å². The van der Waals surface area contributed by atoms with E-state index in [4.69, 9.17) is 11.6 Å². The van der Waals surface area contributed by atoms with Gasteiger partial charge in [0.25, 0.3) is 0 Å². The molecular formula is C11H14ClN3. The van der Waals surface area contributed by atoms with Crippen molar-refractivity contribution < 1.29 is 0 Å². The minimum absolute atomic E-state index is 0.561. The Morgan fingerprint density at radius 1 is 1.40 bits per heavy atom. The molecule has 0 spiro atoms. The van der Waals surface area contributed by atoms with Gasteiger partial charge in [-0.1, -0.05) is 18.2 Å². The molecule has 1 aliphatic rings. The van der Waals surface area contributed by atoms with E-state index in [1.807, 2.05) is 0 Å². The van der Waals surface area contributed by atoms with Crippen molar-refractivity contribution in [3.8, 4) is 0 Å². The van der Waals surface area contributed by atoms with Gasteiger partial charge in [-0.05, 0) is 25.7 Å². The zero-order valence-electron chi connectivity index (χ0n) is 8.59. The summed E-state index contributed by atoms with van der Waals surface area (Å²) in [5.74, 6) is 0.918. The molecule has 0 aliphatic heterocycles. The molecule has 0 unspecified atom stereocenters. The lowest BCUT2D eigenvalue weighted by molar-refractivity contribution is 0.663. The van der Waals surface area contributed by atoms with E-state index in [0.717, 1.165) is 18.7 Å². The molecule has 0 aromatic carbocycles. The van der Waals surface area contributed by atoms with Crippen LogP contribution in [0.25, 0.3) is 0 Å². The molecule has 0 atom stereocenters. The molecule has 1 N–H and O–H groups in total. The lowest BCUT2D eigenvalue weighted by Crippen LogP contribution is -2.12. The van der Waals surface area contributed by atoms with Gasteiger partial charge in [-0.15, -0.1) is 0 Å². The summed E-state index contributed by atoms with van der Waals surface area (Å²) in [6.07, 6.45) is 6.19. The Kier molecular flexibility index (Phi) is 3.21. The van der Waals surface area contributed by atoms with Crippen LogP contribution >= 0.6 is 11.6 Å². The van der Waals surface area contributed by atoms with Gasteiger partial charge in [-0.2, -0.15) is 0 Å². The third kappa shape index (κ3) is 2.48. The predicted molar refractivity (Wildman–Crippen MR) is 62.2 cm³/mol. The zero-order valence-corrected chi connectivity index (χ0v) is 9.35. The van der Waals surface area contributed by atoms with E-state index in [2.05, 4.69) is 21.9 Å². The highest BCUT2D eigenvalue weighted by molar-refractivity contribution is 6.29. The fourth-order valence-corrected chi connectivity index (χ4v) is 1.92. The van der Waals surface area contributed by atoms with Crippen molar-refractivity contribution in [3.05, 3.63) is 29.2 Å². The number of aryl methyl sites for hydroxylation is 1. The molecule has 1 aromatic heterocycles. The second kappa shape index (κ2) is 4.62. The summed E-state index contributed by atoms with van der Waals surface area (Å²) in [4.78, 5) is 8.54. The number of rotatable bonds is 3. The van der Waals surface area contributed by atoms with Crippen LogP contribution in [-0.2, 0) is 12.8 Å². The molecule has 2 rings (SSSR count). The number of anilines is 1. The average molecular weight is 224 g/mol. The van der Waals surface area contributed by atoms with Crippen LogP contribution in [0.4, 0.5) is 5.82 Å². The highest BCUT2D eigenvalue weighted by atomic mass is 35.5. The van der Waals surface area contributed by atoms with E-state index in [-0.39, 0.29) is 0 Å². The van der Waals surface area contributed by atoms with E-state index in [1.54, 1.807) is 6.33 Å². The minimum Gasteiger partial charge on any atom is -0.365 e. The topological polar surface area (TPSA) is 37.8 Å². The van der Waals surface area contributed by atoms with E-state index >= 15 is 0 Å². The van der Waals surface area contributed by atoms with Gasteiger partial charge in [0, 0.05) is 16.3 Å². The number of hydrogen-bond donors (Lipinski definition) is 1. The van der Waals surface area contributed by atoms with Crippen LogP contribution in [-0.4, -0.2) is 16.5 Å². The molecule has 1 aromatic rings. The molecule has 0 amide bonds. The van der Waals surface area contributed by atoms with Gasteiger partial charge >= 0.3 is 0 Å². The lowest BCUT2D eigenvalue weighted by atomic mass is 9.96. The fourth-order valence-electron chi connectivity index (χ4n) is 1.85. The Morgan fingerprint density at radius 2 is 2.20 bits per heavy atom. The van der Waals surface area contributed by atoms with E-state index < -0.39 is 0 Å². The Morgan fingerprint density at radius 3 is 3.00 bits per heavy atom. The van der Waals surface area contributed by atoms with Crippen molar-refractivity contribution >= 4 is 17.4 Å². The number of nitrogens with zero attached hydrogens (tertiary/aromatic N) is 2. The van der Waals surface area contributed by atoms with Crippen molar-refractivity contribution in [1.29, 1.82) is 0 Å². The molecule has 80 valence electrons. The summed E-state index contributed by atoms with van der Waals surface area (Å²) in [6, 6.07) is 0. The molecule has 15 heavy (non-hydrogen) atoms. The summed E-state index contributed by atoms with van der Waals surface area (Å²) in [7, 11) is 0. The molecule has 3 nitrogen and oxygen atoms in total. The van der Waals surface area contributed by atoms with Crippen LogP contribution in [0.3, 0.4) is 0 Å². The maximum atomic E-state index is 5.71. The summed E-state index contributed by atoms with van der Waals surface area (Å²) >= 11 is 5.71. The van der Waals surface area contributed by atoms with Gasteiger partial charge in [0.15, 0.2) is 0 Å². The third-order valence-corrected chi connectivity index (χ3v) is 2.71. The smallest absolute Gasteiger partial charge is 0.133 e. The quantitative estimate of drug-likeness (QED) is 0.856. The molecule has 0 saturated heterocycles. The molecule has 0 fully saturated rings. The molecule has 0 bridgehead atoms. The number of hydrogen-bond acceptors (Lipinski definition) is 3. The van der Waals surface area contributed by atoms with Gasteiger partial charge in [-0.3, -0.25) is 0 Å². The molecule has 1 heterocycles. The van der Waals surface area contributed by atoms with Gasteiger partial charge in [-0.25, -0.2) is 9.97 Å². The Balaban J connectivity index is 2.19. The van der Waals surface area contributed by atoms with Crippen molar-refractivity contribution in [2.45, 2.75) is 25.7 Å². The van der Waals surface area contributed by atoms with Gasteiger partial charge in [0.2, 0.25) is 0 Å². The minimum atomic E-state index is 0.561. The summed E-state index contributed by atoms with van der Waals surface area (Å²) in [6.45, 7) is 4.20. The third-order valence-electron chi connectivity index (χ3n) is 2.57. The Hall–Kier alpha value is -1.09. The number of fused-ring (bicyclic) bond motifs is 1. The monoisotopic (exact) mass is 223 g/mol. The summed E-state index contributed by atoms with van der Waals surface area (Å²) < 4.78 is 0. The zero-order chi connectivity index (χ0) is 10.7. The van der Waals surface area contributed by atoms with Gasteiger partial charge in [0.05, 0.1) is 6.54 Å². The molecule has 1 aliphatic carbocycles. The SMILES string of the molecule is C=C(Cl)CNc1ncnc2c1CCCC2. The lowest BCUT2D eigenvalue weighted by Gasteiger charge is -2.17. The standard InChI is InChI=1S/C11H14ClN3/c1-8(12)6-13-11-9-4-2-3-5-10(9)14-7-15-11/h7H,1-6H2,(H,13,14,15). The predicted octanol–water partition coefficient (Wildman–Crippen LogP) is 2.52. The number of nitrogens with one attached hydrogen (secondary N) is 1. The number of aromatic nitrogens is 2. The summed E-state index contributed by atoms with van der Waals surface area (Å²) in [5.41, 5.74) is 2.43. The van der Waals surface area contributed by atoms with Crippen LogP contribution in [0.5, 0.6) is 0 Å². The van der Waals surface area contributed by atoms with E-state index in [9.17, 15) is 0 Å². The average Bonchev–Trinajstić information content (AvgIpc) is 2.26.